The quantitative estimate of drug-likeness (QED) is 0.733. The lowest BCUT2D eigenvalue weighted by molar-refractivity contribution is -0.115. The first-order valence-corrected chi connectivity index (χ1v) is 8.35. The summed E-state index contributed by atoms with van der Waals surface area (Å²) in [4.78, 5) is 24.0. The first-order chi connectivity index (χ1) is 12.6. The number of amides is 1. The standard InChI is InChI=1S/C20H23NO5/c1-4-11-26-20(23)14-5-8-16(9-6-14)21-19(22)12-15-7-10-17(24-2)13-18(15)25-3/h5-10,13H,4,11-12H2,1-3H3,(H,21,22). The molecule has 0 bridgehead atoms. The molecule has 2 aromatic rings. The highest BCUT2D eigenvalue weighted by molar-refractivity contribution is 5.94. The molecule has 0 atom stereocenters. The van der Waals surface area contributed by atoms with Crippen LogP contribution in [0, 0.1) is 0 Å². The van der Waals surface area contributed by atoms with E-state index < -0.39 is 0 Å². The first kappa shape index (κ1) is 19.3. The van der Waals surface area contributed by atoms with Crippen molar-refractivity contribution in [3.05, 3.63) is 53.6 Å². The molecule has 1 N–H and O–H groups in total. The van der Waals surface area contributed by atoms with Gasteiger partial charge in [0.1, 0.15) is 11.5 Å². The molecule has 0 fully saturated rings. The van der Waals surface area contributed by atoms with Crippen molar-refractivity contribution < 1.29 is 23.8 Å². The lowest BCUT2D eigenvalue weighted by Crippen LogP contribution is -2.15. The third-order valence-corrected chi connectivity index (χ3v) is 3.69. The third kappa shape index (κ3) is 5.24. The van der Waals surface area contributed by atoms with Gasteiger partial charge in [0.25, 0.3) is 0 Å². The Morgan fingerprint density at radius 1 is 1.00 bits per heavy atom. The number of rotatable bonds is 8. The van der Waals surface area contributed by atoms with Gasteiger partial charge in [-0.25, -0.2) is 4.79 Å². The van der Waals surface area contributed by atoms with E-state index in [4.69, 9.17) is 14.2 Å². The molecule has 6 nitrogen and oxygen atoms in total. The highest BCUT2D eigenvalue weighted by Crippen LogP contribution is 2.25. The fourth-order valence-corrected chi connectivity index (χ4v) is 2.34. The van der Waals surface area contributed by atoms with Crippen LogP contribution in [0.15, 0.2) is 42.5 Å². The van der Waals surface area contributed by atoms with Gasteiger partial charge in [-0.1, -0.05) is 13.0 Å². The summed E-state index contributed by atoms with van der Waals surface area (Å²) in [7, 11) is 3.12. The molecule has 0 saturated heterocycles. The molecule has 2 rings (SSSR count). The van der Waals surface area contributed by atoms with Crippen LogP contribution in [0.3, 0.4) is 0 Å². The van der Waals surface area contributed by atoms with Gasteiger partial charge in [-0.2, -0.15) is 0 Å². The van der Waals surface area contributed by atoms with E-state index in [9.17, 15) is 9.59 Å². The Morgan fingerprint density at radius 2 is 1.73 bits per heavy atom. The number of carbonyl (C=O) groups excluding carboxylic acids is 2. The van der Waals surface area contributed by atoms with Crippen LogP contribution in [0.2, 0.25) is 0 Å². The van der Waals surface area contributed by atoms with Gasteiger partial charge < -0.3 is 19.5 Å². The van der Waals surface area contributed by atoms with Gasteiger partial charge in [0.2, 0.25) is 5.91 Å². The van der Waals surface area contributed by atoms with Crippen LogP contribution in [-0.2, 0) is 16.0 Å². The zero-order valence-electron chi connectivity index (χ0n) is 15.2. The average molecular weight is 357 g/mol. The van der Waals surface area contributed by atoms with Gasteiger partial charge >= 0.3 is 5.97 Å². The fraction of sp³-hybridized carbons (Fsp3) is 0.300. The smallest absolute Gasteiger partial charge is 0.338 e. The summed E-state index contributed by atoms with van der Waals surface area (Å²) < 4.78 is 15.5. The average Bonchev–Trinajstić information content (AvgIpc) is 2.66. The van der Waals surface area contributed by atoms with Crippen molar-refractivity contribution in [3.8, 4) is 11.5 Å². The summed E-state index contributed by atoms with van der Waals surface area (Å²) in [5.74, 6) is 0.701. The van der Waals surface area contributed by atoms with E-state index in [1.165, 1.54) is 0 Å². The number of hydrogen-bond donors (Lipinski definition) is 1. The molecule has 6 heteroatoms. The van der Waals surface area contributed by atoms with Crippen LogP contribution in [-0.4, -0.2) is 32.7 Å². The Hall–Kier alpha value is -3.02. The van der Waals surface area contributed by atoms with Crippen molar-refractivity contribution >= 4 is 17.6 Å². The van der Waals surface area contributed by atoms with Gasteiger partial charge in [-0.15, -0.1) is 0 Å². The van der Waals surface area contributed by atoms with E-state index in [1.54, 1.807) is 56.7 Å². The van der Waals surface area contributed by atoms with E-state index in [2.05, 4.69) is 5.32 Å². The molecule has 26 heavy (non-hydrogen) atoms. The normalized spacial score (nSPS) is 10.1. The molecule has 0 aliphatic heterocycles. The maximum Gasteiger partial charge on any atom is 0.338 e. The molecule has 0 heterocycles. The van der Waals surface area contributed by atoms with Crippen molar-refractivity contribution in [2.45, 2.75) is 19.8 Å². The molecule has 0 aliphatic carbocycles. The van der Waals surface area contributed by atoms with E-state index in [1.807, 2.05) is 6.92 Å². The Kier molecular flexibility index (Phi) is 7.02. The second-order valence-electron chi connectivity index (χ2n) is 5.62. The minimum Gasteiger partial charge on any atom is -0.497 e. The van der Waals surface area contributed by atoms with Crippen LogP contribution in [0.1, 0.15) is 29.3 Å². The van der Waals surface area contributed by atoms with Crippen molar-refractivity contribution in [1.29, 1.82) is 0 Å². The third-order valence-electron chi connectivity index (χ3n) is 3.69. The zero-order valence-corrected chi connectivity index (χ0v) is 15.2. The van der Waals surface area contributed by atoms with Crippen LogP contribution in [0.4, 0.5) is 5.69 Å². The van der Waals surface area contributed by atoms with Gasteiger partial charge in [0.15, 0.2) is 0 Å². The molecule has 138 valence electrons. The van der Waals surface area contributed by atoms with Crippen LogP contribution in [0.25, 0.3) is 0 Å². The second-order valence-corrected chi connectivity index (χ2v) is 5.62. The number of benzene rings is 2. The van der Waals surface area contributed by atoms with Crippen molar-refractivity contribution in [2.75, 3.05) is 26.1 Å². The largest absolute Gasteiger partial charge is 0.497 e. The van der Waals surface area contributed by atoms with E-state index in [0.717, 1.165) is 12.0 Å². The number of ether oxygens (including phenoxy) is 3. The van der Waals surface area contributed by atoms with Gasteiger partial charge in [-0.3, -0.25) is 4.79 Å². The van der Waals surface area contributed by atoms with Gasteiger partial charge in [0, 0.05) is 17.3 Å². The van der Waals surface area contributed by atoms with Crippen LogP contribution >= 0.6 is 0 Å². The Balaban J connectivity index is 1.98. The maximum absolute atomic E-state index is 12.3. The topological polar surface area (TPSA) is 73.9 Å². The van der Waals surface area contributed by atoms with E-state index in [-0.39, 0.29) is 18.3 Å². The van der Waals surface area contributed by atoms with Gasteiger partial charge in [0.05, 0.1) is 32.8 Å². The molecule has 0 saturated carbocycles. The molecule has 0 unspecified atom stereocenters. The lowest BCUT2D eigenvalue weighted by atomic mass is 10.1. The molecular weight excluding hydrogens is 334 g/mol. The minimum absolute atomic E-state index is 0.160. The highest BCUT2D eigenvalue weighted by Gasteiger charge is 2.11. The van der Waals surface area contributed by atoms with Crippen molar-refractivity contribution in [1.82, 2.24) is 0 Å². The maximum atomic E-state index is 12.3. The molecule has 0 aliphatic rings. The first-order valence-electron chi connectivity index (χ1n) is 8.35. The predicted molar refractivity (Wildman–Crippen MR) is 98.9 cm³/mol. The highest BCUT2D eigenvalue weighted by atomic mass is 16.5. The Bertz CT molecular complexity index is 755. The predicted octanol–water partition coefficient (Wildman–Crippen LogP) is 3.45. The van der Waals surface area contributed by atoms with Crippen LogP contribution in [0.5, 0.6) is 11.5 Å². The number of nitrogens with one attached hydrogen (secondary N) is 1. The summed E-state index contributed by atoms with van der Waals surface area (Å²) >= 11 is 0. The van der Waals surface area contributed by atoms with E-state index >= 15 is 0 Å². The summed E-state index contributed by atoms with van der Waals surface area (Å²) in [6, 6.07) is 11.9. The summed E-state index contributed by atoms with van der Waals surface area (Å²) in [6.07, 6.45) is 0.933. The summed E-state index contributed by atoms with van der Waals surface area (Å²) in [5, 5.41) is 2.80. The Labute approximate surface area is 153 Å². The molecule has 1 amide bonds. The monoisotopic (exact) mass is 357 g/mol. The molecule has 0 aromatic heterocycles. The molecule has 0 radical (unpaired) electrons. The molecule has 0 spiro atoms. The minimum atomic E-state index is -0.368. The van der Waals surface area contributed by atoms with Crippen molar-refractivity contribution in [3.63, 3.8) is 0 Å². The summed E-state index contributed by atoms with van der Waals surface area (Å²) in [6.45, 7) is 2.32. The SMILES string of the molecule is CCCOC(=O)c1ccc(NC(=O)Cc2ccc(OC)cc2OC)cc1. The Morgan fingerprint density at radius 3 is 2.35 bits per heavy atom. The molecular formula is C20H23NO5. The van der Waals surface area contributed by atoms with Crippen LogP contribution < -0.4 is 14.8 Å². The van der Waals surface area contributed by atoms with Gasteiger partial charge in [-0.05, 0) is 36.8 Å². The van der Waals surface area contributed by atoms with E-state index in [0.29, 0.717) is 29.4 Å². The number of carbonyl (C=O) groups is 2. The second kappa shape index (κ2) is 9.46. The molecule has 2 aromatic carbocycles. The lowest BCUT2D eigenvalue weighted by Gasteiger charge is -2.11. The number of hydrogen-bond acceptors (Lipinski definition) is 5. The fourth-order valence-electron chi connectivity index (χ4n) is 2.34. The van der Waals surface area contributed by atoms with Crippen molar-refractivity contribution in [2.24, 2.45) is 0 Å². The zero-order chi connectivity index (χ0) is 18.9. The number of anilines is 1. The summed E-state index contributed by atoms with van der Waals surface area (Å²) in [5.41, 5.74) is 1.81. The number of methoxy groups -OCH3 is 2. The number of esters is 1.